The topological polar surface area (TPSA) is 105 Å². The number of nitrogens with one attached hydrogen (secondary N) is 1. The smallest absolute Gasteiger partial charge is 0.234 e. The van der Waals surface area contributed by atoms with Crippen molar-refractivity contribution in [1.29, 1.82) is 0 Å². The van der Waals surface area contributed by atoms with Gasteiger partial charge in [-0.15, -0.1) is 0 Å². The van der Waals surface area contributed by atoms with Crippen LogP contribution in [0.2, 0.25) is 0 Å². The molecule has 5 rings (SSSR count). The molecule has 1 aliphatic heterocycles. The SMILES string of the molecule is C[C@H](NCC1C[C@@H](C)[C@H]2C(O1)[C@H](O)[C@@]1(C)C3CCC4[C@@H](CC[C@H](O)C4(C)C)CC3CC[C@]21C)C(N)=O. The Balaban J connectivity index is 1.40. The molecule has 5 unspecified atom stereocenters. The molecule has 1 saturated heterocycles. The summed E-state index contributed by atoms with van der Waals surface area (Å²) in [6, 6.07) is -0.384. The number of hydrogen-bond donors (Lipinski definition) is 4. The van der Waals surface area contributed by atoms with Crippen molar-refractivity contribution in [1.82, 2.24) is 5.32 Å². The first-order valence-electron chi connectivity index (χ1n) is 14.9. The molecule has 36 heavy (non-hydrogen) atoms. The van der Waals surface area contributed by atoms with E-state index in [0.717, 1.165) is 32.1 Å². The summed E-state index contributed by atoms with van der Waals surface area (Å²) >= 11 is 0. The summed E-state index contributed by atoms with van der Waals surface area (Å²) in [5.41, 5.74) is 5.31. The Labute approximate surface area is 218 Å². The number of aliphatic hydroxyl groups excluding tert-OH is 2. The summed E-state index contributed by atoms with van der Waals surface area (Å²) < 4.78 is 6.70. The number of fused-ring (bicyclic) bond motifs is 6. The highest BCUT2D eigenvalue weighted by Crippen LogP contribution is 2.72. The van der Waals surface area contributed by atoms with Gasteiger partial charge in [0.1, 0.15) is 0 Å². The molecule has 0 spiro atoms. The zero-order valence-corrected chi connectivity index (χ0v) is 23.5. The van der Waals surface area contributed by atoms with E-state index >= 15 is 0 Å². The van der Waals surface area contributed by atoms with Crippen LogP contribution in [0.1, 0.15) is 92.9 Å². The number of aliphatic hydroxyl groups is 2. The predicted octanol–water partition coefficient (Wildman–Crippen LogP) is 3.87. The first-order valence-corrected chi connectivity index (χ1v) is 14.9. The normalized spacial score (nSPS) is 52.8. The Kier molecular flexibility index (Phi) is 6.88. The molecular formula is C30H52N2O4. The summed E-state index contributed by atoms with van der Waals surface area (Å²) in [4.78, 5) is 11.5. The minimum absolute atomic E-state index is 0.0138. The molecule has 0 aromatic rings. The third kappa shape index (κ3) is 3.83. The molecule has 0 aromatic heterocycles. The third-order valence-electron chi connectivity index (χ3n) is 12.9. The molecule has 4 aliphatic carbocycles. The number of nitrogens with two attached hydrogens (primary N) is 1. The molecule has 4 saturated carbocycles. The fourth-order valence-electron chi connectivity index (χ4n) is 10.6. The van der Waals surface area contributed by atoms with Crippen LogP contribution in [0.5, 0.6) is 0 Å². The van der Waals surface area contributed by atoms with E-state index in [-0.39, 0.29) is 46.5 Å². The van der Waals surface area contributed by atoms with Gasteiger partial charge in [0, 0.05) is 12.0 Å². The molecule has 0 radical (unpaired) electrons. The maximum atomic E-state index is 12.1. The van der Waals surface area contributed by atoms with Gasteiger partial charge >= 0.3 is 0 Å². The predicted molar refractivity (Wildman–Crippen MR) is 141 cm³/mol. The van der Waals surface area contributed by atoms with Crippen LogP contribution in [-0.2, 0) is 9.53 Å². The van der Waals surface area contributed by atoms with Crippen LogP contribution < -0.4 is 11.1 Å². The van der Waals surface area contributed by atoms with E-state index in [9.17, 15) is 15.0 Å². The average molecular weight is 505 g/mol. The largest absolute Gasteiger partial charge is 0.393 e. The minimum Gasteiger partial charge on any atom is -0.393 e. The lowest BCUT2D eigenvalue weighted by Gasteiger charge is -2.57. The van der Waals surface area contributed by atoms with Crippen molar-refractivity contribution >= 4 is 5.91 Å². The van der Waals surface area contributed by atoms with Gasteiger partial charge in [0.05, 0.1) is 30.5 Å². The van der Waals surface area contributed by atoms with Crippen LogP contribution in [0.25, 0.3) is 0 Å². The molecule has 1 heterocycles. The van der Waals surface area contributed by atoms with E-state index in [1.165, 1.54) is 19.3 Å². The minimum atomic E-state index is -0.474. The van der Waals surface area contributed by atoms with Crippen LogP contribution in [0.15, 0.2) is 0 Å². The van der Waals surface area contributed by atoms with Crippen LogP contribution in [0.3, 0.4) is 0 Å². The number of carbonyl (C=O) groups is 1. The van der Waals surface area contributed by atoms with E-state index in [1.807, 2.05) is 0 Å². The maximum Gasteiger partial charge on any atom is 0.234 e. The van der Waals surface area contributed by atoms with Gasteiger partial charge in [-0.3, -0.25) is 4.79 Å². The van der Waals surface area contributed by atoms with E-state index in [0.29, 0.717) is 42.1 Å². The van der Waals surface area contributed by atoms with E-state index in [2.05, 4.69) is 39.9 Å². The molecule has 1 amide bonds. The molecule has 6 heteroatoms. The van der Waals surface area contributed by atoms with E-state index < -0.39 is 6.10 Å². The Morgan fingerprint density at radius 3 is 2.39 bits per heavy atom. The van der Waals surface area contributed by atoms with Gasteiger partial charge in [-0.05, 0) is 105 Å². The fraction of sp³-hybridized carbons (Fsp3) is 0.967. The first kappa shape index (κ1) is 26.9. The lowest BCUT2D eigenvalue weighted by atomic mass is 9.47. The fourth-order valence-corrected chi connectivity index (χ4v) is 10.6. The van der Waals surface area contributed by atoms with Gasteiger partial charge in [-0.2, -0.15) is 0 Å². The van der Waals surface area contributed by atoms with Gasteiger partial charge < -0.3 is 26.0 Å². The van der Waals surface area contributed by atoms with Crippen molar-refractivity contribution in [3.8, 4) is 0 Å². The molecule has 6 nitrogen and oxygen atoms in total. The van der Waals surface area contributed by atoms with Crippen molar-refractivity contribution in [3.05, 3.63) is 0 Å². The molecular weight excluding hydrogens is 452 g/mol. The average Bonchev–Trinajstić information content (AvgIpc) is 2.94. The lowest BCUT2D eigenvalue weighted by Crippen LogP contribution is -2.53. The van der Waals surface area contributed by atoms with Crippen LogP contribution in [-0.4, -0.2) is 53.1 Å². The lowest BCUT2D eigenvalue weighted by molar-refractivity contribution is -0.142. The van der Waals surface area contributed by atoms with Gasteiger partial charge in [-0.1, -0.05) is 34.6 Å². The van der Waals surface area contributed by atoms with Crippen molar-refractivity contribution in [2.24, 2.45) is 57.5 Å². The Morgan fingerprint density at radius 1 is 1.03 bits per heavy atom. The first-order chi connectivity index (χ1) is 16.8. The monoisotopic (exact) mass is 504 g/mol. The van der Waals surface area contributed by atoms with Crippen LogP contribution in [0.4, 0.5) is 0 Å². The second-order valence-electron chi connectivity index (χ2n) is 14.6. The second-order valence-corrected chi connectivity index (χ2v) is 14.6. The number of hydrogen-bond acceptors (Lipinski definition) is 5. The van der Waals surface area contributed by atoms with E-state index in [4.69, 9.17) is 10.5 Å². The highest BCUT2D eigenvalue weighted by atomic mass is 16.5. The number of amides is 1. The summed E-state index contributed by atoms with van der Waals surface area (Å²) in [5.74, 6) is 2.89. The van der Waals surface area contributed by atoms with Gasteiger partial charge in [0.2, 0.25) is 5.91 Å². The third-order valence-corrected chi connectivity index (χ3v) is 12.9. The summed E-state index contributed by atoms with van der Waals surface area (Å²) in [7, 11) is 0. The Morgan fingerprint density at radius 2 is 1.69 bits per heavy atom. The number of carbonyl (C=O) groups excluding carboxylic acids is 1. The zero-order valence-electron chi connectivity index (χ0n) is 23.5. The van der Waals surface area contributed by atoms with Crippen molar-refractivity contribution < 1.29 is 19.7 Å². The quantitative estimate of drug-likeness (QED) is 0.465. The van der Waals surface area contributed by atoms with Gasteiger partial charge in [0.25, 0.3) is 0 Å². The summed E-state index contributed by atoms with van der Waals surface area (Å²) in [5, 5.41) is 26.2. The summed E-state index contributed by atoms with van der Waals surface area (Å²) in [6.07, 6.45) is 8.19. The Bertz CT molecular complexity index is 849. The van der Waals surface area contributed by atoms with Gasteiger partial charge in [-0.25, -0.2) is 0 Å². The van der Waals surface area contributed by atoms with E-state index in [1.54, 1.807) is 6.92 Å². The zero-order chi connectivity index (χ0) is 26.2. The van der Waals surface area contributed by atoms with Gasteiger partial charge in [0.15, 0.2) is 0 Å². The maximum absolute atomic E-state index is 12.1. The molecule has 0 aromatic carbocycles. The van der Waals surface area contributed by atoms with Crippen LogP contribution >= 0.6 is 0 Å². The number of primary amides is 1. The van der Waals surface area contributed by atoms with Crippen molar-refractivity contribution in [2.45, 2.75) is 123 Å². The molecule has 5 N–H and O–H groups in total. The summed E-state index contributed by atoms with van der Waals surface area (Å²) in [6.45, 7) is 14.2. The van der Waals surface area contributed by atoms with Crippen LogP contribution in [0, 0.1) is 51.8 Å². The number of rotatable bonds is 4. The molecule has 5 aliphatic rings. The van der Waals surface area contributed by atoms with Crippen molar-refractivity contribution in [3.63, 3.8) is 0 Å². The second kappa shape index (κ2) is 9.20. The highest BCUT2D eigenvalue weighted by molar-refractivity contribution is 5.79. The molecule has 5 fully saturated rings. The van der Waals surface area contributed by atoms with Crippen molar-refractivity contribution in [2.75, 3.05) is 6.54 Å². The molecule has 206 valence electrons. The highest BCUT2D eigenvalue weighted by Gasteiger charge is 2.71. The standard InChI is InChI=1S/C30H52N2O4/c1-16-13-20(15-32-17(2)27(31)35)36-25-24(16)29(5)12-11-19-14-18-7-10-23(33)28(3,4)21(18)8-9-22(19)30(29,6)26(25)34/h16-26,32-34H,7-15H2,1-6H3,(H2,31,35)/t16-,17+,18+,19?,20?,21?,22?,23+,24+,25?,26+,29-,30-/m1/s1. The Hall–Kier alpha value is -0.690. The molecule has 13 atom stereocenters. The number of ether oxygens (including phenoxy) is 1. The molecule has 0 bridgehead atoms.